The molecule has 90 valence electrons. The van der Waals surface area contributed by atoms with Crippen LogP contribution < -0.4 is 0 Å². The van der Waals surface area contributed by atoms with Crippen LogP contribution in [0.2, 0.25) is 0 Å². The second-order valence-corrected chi connectivity index (χ2v) is 6.00. The van der Waals surface area contributed by atoms with E-state index in [0.29, 0.717) is 5.92 Å². The number of rotatable bonds is 4. The van der Waals surface area contributed by atoms with E-state index < -0.39 is 0 Å². The summed E-state index contributed by atoms with van der Waals surface area (Å²) in [4.78, 5) is 0. The topological polar surface area (TPSA) is 20.2 Å². The molecule has 0 aromatic rings. The van der Waals surface area contributed by atoms with Gasteiger partial charge in [0.05, 0.1) is 5.60 Å². The van der Waals surface area contributed by atoms with Gasteiger partial charge in [-0.2, -0.15) is 0 Å². The molecule has 1 saturated carbocycles. The Kier molecular flexibility index (Phi) is 4.64. The summed E-state index contributed by atoms with van der Waals surface area (Å²) in [5.74, 6) is 2.00. The highest BCUT2D eigenvalue weighted by molar-refractivity contribution is 4.90. The van der Waals surface area contributed by atoms with Crippen LogP contribution in [0, 0.1) is 17.8 Å². The molecule has 0 aromatic heterocycles. The monoisotopic (exact) mass is 212 g/mol. The third-order valence-corrected chi connectivity index (χ3v) is 4.20. The van der Waals surface area contributed by atoms with Gasteiger partial charge in [-0.25, -0.2) is 0 Å². The smallest absolute Gasteiger partial charge is 0.0675 e. The molecule has 15 heavy (non-hydrogen) atoms. The van der Waals surface area contributed by atoms with E-state index in [2.05, 4.69) is 27.7 Å². The first kappa shape index (κ1) is 13.0. The predicted molar refractivity (Wildman–Crippen MR) is 65.8 cm³/mol. The normalized spacial score (nSPS) is 34.4. The molecule has 0 radical (unpaired) electrons. The van der Waals surface area contributed by atoms with Crippen LogP contribution in [0.3, 0.4) is 0 Å². The minimum absolute atomic E-state index is 0.355. The van der Waals surface area contributed by atoms with Gasteiger partial charge in [-0.3, -0.25) is 0 Å². The van der Waals surface area contributed by atoms with Gasteiger partial charge < -0.3 is 5.11 Å². The zero-order valence-electron chi connectivity index (χ0n) is 10.9. The van der Waals surface area contributed by atoms with Gasteiger partial charge in [-0.1, -0.05) is 47.0 Å². The Morgan fingerprint density at radius 2 is 2.00 bits per heavy atom. The Hall–Kier alpha value is -0.0400. The van der Waals surface area contributed by atoms with E-state index in [1.165, 1.54) is 19.3 Å². The summed E-state index contributed by atoms with van der Waals surface area (Å²) in [7, 11) is 0. The SMILES string of the molecule is CCC(C)C1(O)CCCC(CC(C)C)C1. The number of aliphatic hydroxyl groups is 1. The summed E-state index contributed by atoms with van der Waals surface area (Å²) in [6.45, 7) is 8.97. The molecular formula is C14H28O. The Bertz CT molecular complexity index is 188. The van der Waals surface area contributed by atoms with Crippen molar-refractivity contribution in [3.63, 3.8) is 0 Å². The van der Waals surface area contributed by atoms with Crippen molar-refractivity contribution in [2.45, 2.75) is 71.8 Å². The van der Waals surface area contributed by atoms with Crippen molar-refractivity contribution < 1.29 is 5.11 Å². The van der Waals surface area contributed by atoms with Gasteiger partial charge in [0.2, 0.25) is 0 Å². The standard InChI is InChI=1S/C14H28O/c1-5-12(4)14(15)8-6-7-13(10-14)9-11(2)3/h11-13,15H,5-10H2,1-4H3. The molecule has 0 amide bonds. The second-order valence-electron chi connectivity index (χ2n) is 6.00. The molecule has 1 N–H and O–H groups in total. The highest BCUT2D eigenvalue weighted by atomic mass is 16.3. The van der Waals surface area contributed by atoms with Crippen LogP contribution in [0.1, 0.15) is 66.2 Å². The fraction of sp³-hybridized carbons (Fsp3) is 1.00. The lowest BCUT2D eigenvalue weighted by molar-refractivity contribution is -0.0630. The van der Waals surface area contributed by atoms with E-state index in [1.54, 1.807) is 0 Å². The molecule has 0 aliphatic heterocycles. The molecule has 1 aliphatic rings. The molecule has 3 unspecified atom stereocenters. The Morgan fingerprint density at radius 3 is 2.53 bits per heavy atom. The van der Waals surface area contributed by atoms with Crippen molar-refractivity contribution in [1.29, 1.82) is 0 Å². The Labute approximate surface area is 95.3 Å². The molecule has 1 aliphatic carbocycles. The van der Waals surface area contributed by atoms with E-state index >= 15 is 0 Å². The Morgan fingerprint density at radius 1 is 1.33 bits per heavy atom. The first-order chi connectivity index (χ1) is 6.98. The molecule has 1 rings (SSSR count). The number of hydrogen-bond acceptors (Lipinski definition) is 1. The summed E-state index contributed by atoms with van der Waals surface area (Å²) in [5, 5.41) is 10.6. The molecule has 1 nitrogen and oxygen atoms in total. The van der Waals surface area contributed by atoms with Crippen molar-refractivity contribution in [2.75, 3.05) is 0 Å². The van der Waals surface area contributed by atoms with Crippen LogP contribution in [0.25, 0.3) is 0 Å². The summed E-state index contributed by atoms with van der Waals surface area (Å²) < 4.78 is 0. The van der Waals surface area contributed by atoms with E-state index in [0.717, 1.165) is 31.1 Å². The van der Waals surface area contributed by atoms with Gasteiger partial charge in [-0.15, -0.1) is 0 Å². The van der Waals surface area contributed by atoms with E-state index in [-0.39, 0.29) is 5.60 Å². The fourth-order valence-corrected chi connectivity index (χ4v) is 3.10. The van der Waals surface area contributed by atoms with Crippen LogP contribution >= 0.6 is 0 Å². The fourth-order valence-electron chi connectivity index (χ4n) is 3.10. The van der Waals surface area contributed by atoms with E-state index in [1.807, 2.05) is 0 Å². The van der Waals surface area contributed by atoms with Crippen molar-refractivity contribution in [2.24, 2.45) is 17.8 Å². The molecule has 0 spiro atoms. The van der Waals surface area contributed by atoms with Crippen LogP contribution in [0.4, 0.5) is 0 Å². The lowest BCUT2D eigenvalue weighted by Gasteiger charge is -2.41. The second kappa shape index (κ2) is 5.34. The summed E-state index contributed by atoms with van der Waals surface area (Å²) in [6, 6.07) is 0. The van der Waals surface area contributed by atoms with Crippen molar-refractivity contribution >= 4 is 0 Å². The average molecular weight is 212 g/mol. The van der Waals surface area contributed by atoms with Crippen LogP contribution in [-0.4, -0.2) is 10.7 Å². The molecule has 1 fully saturated rings. The minimum Gasteiger partial charge on any atom is -0.390 e. The minimum atomic E-state index is -0.355. The molecule has 0 bridgehead atoms. The molecule has 0 heterocycles. The van der Waals surface area contributed by atoms with Crippen LogP contribution in [0.5, 0.6) is 0 Å². The highest BCUT2D eigenvalue weighted by Gasteiger charge is 2.37. The number of hydrogen-bond donors (Lipinski definition) is 1. The van der Waals surface area contributed by atoms with Gasteiger partial charge in [-0.05, 0) is 37.0 Å². The van der Waals surface area contributed by atoms with Gasteiger partial charge >= 0.3 is 0 Å². The van der Waals surface area contributed by atoms with E-state index in [4.69, 9.17) is 0 Å². The largest absolute Gasteiger partial charge is 0.390 e. The lowest BCUT2D eigenvalue weighted by atomic mass is 9.69. The molecule has 0 saturated heterocycles. The van der Waals surface area contributed by atoms with Crippen molar-refractivity contribution in [3.05, 3.63) is 0 Å². The average Bonchev–Trinajstić information content (AvgIpc) is 2.15. The molecule has 3 atom stereocenters. The predicted octanol–water partition coefficient (Wildman–Crippen LogP) is 4.00. The first-order valence-electron chi connectivity index (χ1n) is 6.70. The molecular weight excluding hydrogens is 184 g/mol. The van der Waals surface area contributed by atoms with Gasteiger partial charge in [0.15, 0.2) is 0 Å². The van der Waals surface area contributed by atoms with Gasteiger partial charge in [0.25, 0.3) is 0 Å². The molecule has 1 heteroatoms. The third kappa shape index (κ3) is 3.48. The maximum Gasteiger partial charge on any atom is 0.0675 e. The molecule has 0 aromatic carbocycles. The quantitative estimate of drug-likeness (QED) is 0.747. The zero-order valence-corrected chi connectivity index (χ0v) is 10.9. The maximum atomic E-state index is 10.6. The first-order valence-corrected chi connectivity index (χ1v) is 6.70. The lowest BCUT2D eigenvalue weighted by Crippen LogP contribution is -2.41. The van der Waals surface area contributed by atoms with Crippen molar-refractivity contribution in [1.82, 2.24) is 0 Å². The van der Waals surface area contributed by atoms with Gasteiger partial charge in [0, 0.05) is 0 Å². The summed E-state index contributed by atoms with van der Waals surface area (Å²) >= 11 is 0. The van der Waals surface area contributed by atoms with Crippen LogP contribution in [0.15, 0.2) is 0 Å². The van der Waals surface area contributed by atoms with E-state index in [9.17, 15) is 5.11 Å². The summed E-state index contributed by atoms with van der Waals surface area (Å²) in [6.07, 6.45) is 7.01. The summed E-state index contributed by atoms with van der Waals surface area (Å²) in [5.41, 5.74) is -0.355. The van der Waals surface area contributed by atoms with Crippen molar-refractivity contribution in [3.8, 4) is 0 Å². The Balaban J connectivity index is 2.54. The third-order valence-electron chi connectivity index (χ3n) is 4.20. The maximum absolute atomic E-state index is 10.6. The van der Waals surface area contributed by atoms with Gasteiger partial charge in [0.1, 0.15) is 0 Å². The highest BCUT2D eigenvalue weighted by Crippen LogP contribution is 2.40. The zero-order chi connectivity index (χ0) is 11.5. The van der Waals surface area contributed by atoms with Crippen LogP contribution in [-0.2, 0) is 0 Å².